The monoisotopic (exact) mass is 379 g/mol. The quantitative estimate of drug-likeness (QED) is 0.789. The molecule has 0 aromatic heterocycles. The van der Waals surface area contributed by atoms with Gasteiger partial charge in [-0.1, -0.05) is 30.7 Å². The van der Waals surface area contributed by atoms with Crippen LogP contribution in [0, 0.1) is 0 Å². The zero-order valence-corrected chi connectivity index (χ0v) is 15.3. The molecule has 1 heterocycles. The van der Waals surface area contributed by atoms with Crippen molar-refractivity contribution in [2.75, 3.05) is 23.3 Å². The first kappa shape index (κ1) is 19.2. The molecule has 2 aromatic carbocycles. The molecule has 132 valence electrons. The van der Waals surface area contributed by atoms with Crippen molar-refractivity contribution in [1.29, 1.82) is 0 Å². The summed E-state index contributed by atoms with van der Waals surface area (Å²) in [7, 11) is 0. The number of para-hydroxylation sites is 1. The van der Waals surface area contributed by atoms with Crippen LogP contribution in [0.3, 0.4) is 0 Å². The van der Waals surface area contributed by atoms with Gasteiger partial charge in [0, 0.05) is 18.0 Å². The van der Waals surface area contributed by atoms with Gasteiger partial charge in [0.2, 0.25) is 5.91 Å². The van der Waals surface area contributed by atoms with Gasteiger partial charge in [-0.25, -0.2) is 0 Å². The maximum Gasteiger partial charge on any atom is 0.257 e. The van der Waals surface area contributed by atoms with E-state index in [1.165, 1.54) is 0 Å². The first-order valence-corrected chi connectivity index (χ1v) is 8.23. The largest absolute Gasteiger partial charge is 0.320 e. The molecule has 0 saturated carbocycles. The Bertz CT molecular complexity index is 796. The lowest BCUT2D eigenvalue weighted by Crippen LogP contribution is -2.29. The molecule has 7 heteroatoms. The van der Waals surface area contributed by atoms with Gasteiger partial charge in [-0.3, -0.25) is 14.5 Å². The second-order valence-corrected chi connectivity index (χ2v) is 5.90. The molecule has 0 saturated heterocycles. The highest BCUT2D eigenvalue weighted by molar-refractivity contribution is 6.31. The Labute approximate surface area is 157 Å². The number of anilines is 3. The Morgan fingerprint density at radius 2 is 1.96 bits per heavy atom. The van der Waals surface area contributed by atoms with Crippen molar-refractivity contribution in [1.82, 2.24) is 5.32 Å². The molecule has 0 aliphatic carbocycles. The van der Waals surface area contributed by atoms with E-state index in [2.05, 4.69) is 10.6 Å². The van der Waals surface area contributed by atoms with E-state index >= 15 is 0 Å². The smallest absolute Gasteiger partial charge is 0.257 e. The fourth-order valence-corrected chi connectivity index (χ4v) is 2.91. The van der Waals surface area contributed by atoms with Gasteiger partial charge in [-0.15, -0.1) is 12.4 Å². The van der Waals surface area contributed by atoms with Gasteiger partial charge in [0.1, 0.15) is 0 Å². The van der Waals surface area contributed by atoms with Crippen molar-refractivity contribution in [2.24, 2.45) is 0 Å². The minimum atomic E-state index is -0.254. The van der Waals surface area contributed by atoms with Crippen LogP contribution in [0.2, 0.25) is 5.02 Å². The lowest BCUT2D eigenvalue weighted by molar-refractivity contribution is -0.117. The number of nitrogens with one attached hydrogen (secondary N) is 2. The number of halogens is 2. The van der Waals surface area contributed by atoms with Crippen LogP contribution in [-0.2, 0) is 4.79 Å². The summed E-state index contributed by atoms with van der Waals surface area (Å²) in [5.74, 6) is -0.334. The summed E-state index contributed by atoms with van der Waals surface area (Å²) in [6, 6.07) is 12.2. The Morgan fingerprint density at radius 1 is 1.20 bits per heavy atom. The zero-order valence-electron chi connectivity index (χ0n) is 13.7. The molecule has 0 unspecified atom stereocenters. The summed E-state index contributed by atoms with van der Waals surface area (Å²) in [5, 5.41) is 6.49. The van der Waals surface area contributed by atoms with Crippen LogP contribution in [-0.4, -0.2) is 24.9 Å². The molecule has 0 spiro atoms. The normalized spacial score (nSPS) is 12.4. The van der Waals surface area contributed by atoms with Gasteiger partial charge in [0.15, 0.2) is 0 Å². The summed E-state index contributed by atoms with van der Waals surface area (Å²) in [5.41, 5.74) is 2.19. The van der Waals surface area contributed by atoms with Crippen LogP contribution in [0.4, 0.5) is 17.1 Å². The van der Waals surface area contributed by atoms with Crippen molar-refractivity contribution < 1.29 is 9.59 Å². The van der Waals surface area contributed by atoms with Crippen LogP contribution in [0.1, 0.15) is 23.7 Å². The first-order valence-electron chi connectivity index (χ1n) is 7.85. The van der Waals surface area contributed by atoms with Gasteiger partial charge in [-0.05, 0) is 36.9 Å². The highest BCUT2D eigenvalue weighted by Gasteiger charge is 2.28. The summed E-state index contributed by atoms with van der Waals surface area (Å²) < 4.78 is 0. The topological polar surface area (TPSA) is 61.4 Å². The van der Waals surface area contributed by atoms with E-state index < -0.39 is 0 Å². The van der Waals surface area contributed by atoms with Gasteiger partial charge in [-0.2, -0.15) is 0 Å². The highest BCUT2D eigenvalue weighted by Crippen LogP contribution is 2.39. The van der Waals surface area contributed by atoms with Crippen molar-refractivity contribution >= 4 is 52.9 Å². The van der Waals surface area contributed by atoms with Crippen LogP contribution in [0.25, 0.3) is 0 Å². The molecule has 1 aliphatic rings. The van der Waals surface area contributed by atoms with Crippen molar-refractivity contribution in [3.63, 3.8) is 0 Å². The van der Waals surface area contributed by atoms with Crippen LogP contribution in [0.5, 0.6) is 0 Å². The molecule has 1 aliphatic heterocycles. The third-order valence-corrected chi connectivity index (χ3v) is 4.09. The number of hydrogen-bond acceptors (Lipinski definition) is 3. The van der Waals surface area contributed by atoms with E-state index in [0.717, 1.165) is 6.54 Å². The lowest BCUT2D eigenvalue weighted by Gasteiger charge is -2.24. The average Bonchev–Trinajstić information content (AvgIpc) is 2.69. The molecule has 25 heavy (non-hydrogen) atoms. The van der Waals surface area contributed by atoms with E-state index in [0.29, 0.717) is 40.6 Å². The Morgan fingerprint density at radius 3 is 2.72 bits per heavy atom. The third kappa shape index (κ3) is 3.95. The number of benzene rings is 2. The summed E-state index contributed by atoms with van der Waals surface area (Å²) in [4.78, 5) is 27.0. The first-order chi connectivity index (χ1) is 11.6. The predicted octanol–water partition coefficient (Wildman–Crippen LogP) is 3.99. The maximum absolute atomic E-state index is 12.9. The fourth-order valence-electron chi connectivity index (χ4n) is 2.74. The minimum absolute atomic E-state index is 0. The Hall–Kier alpha value is -2.08. The molecule has 2 aromatic rings. The number of carbonyl (C=O) groups is 2. The molecule has 2 amide bonds. The van der Waals surface area contributed by atoms with Gasteiger partial charge in [0.05, 0.1) is 22.6 Å². The van der Waals surface area contributed by atoms with Crippen LogP contribution < -0.4 is 15.5 Å². The fraction of sp³-hybridized carbons (Fsp3) is 0.222. The molecule has 0 radical (unpaired) electrons. The summed E-state index contributed by atoms with van der Waals surface area (Å²) >= 11 is 6.05. The molecular formula is C18H19Cl2N3O2. The van der Waals surface area contributed by atoms with Crippen molar-refractivity contribution in [3.05, 3.63) is 53.1 Å². The van der Waals surface area contributed by atoms with Crippen LogP contribution >= 0.6 is 24.0 Å². The molecule has 3 rings (SSSR count). The molecule has 5 nitrogen and oxygen atoms in total. The van der Waals surface area contributed by atoms with Crippen LogP contribution in [0.15, 0.2) is 42.5 Å². The second kappa shape index (κ2) is 8.34. The summed E-state index contributed by atoms with van der Waals surface area (Å²) in [6.45, 7) is 3.38. The molecule has 0 fully saturated rings. The maximum atomic E-state index is 12.9. The molecule has 0 bridgehead atoms. The SMILES string of the molecule is CCNCCC(=O)N1c2ccc(Cl)cc2NC(=O)c2ccccc21.Cl. The average molecular weight is 380 g/mol. The summed E-state index contributed by atoms with van der Waals surface area (Å²) in [6.07, 6.45) is 0.332. The molecule has 2 N–H and O–H groups in total. The van der Waals surface area contributed by atoms with Gasteiger partial charge >= 0.3 is 0 Å². The van der Waals surface area contributed by atoms with Gasteiger partial charge < -0.3 is 10.6 Å². The number of nitrogens with zero attached hydrogens (tertiary/aromatic N) is 1. The second-order valence-electron chi connectivity index (χ2n) is 5.47. The molecular weight excluding hydrogens is 361 g/mol. The Kier molecular flexibility index (Phi) is 6.42. The number of fused-ring (bicyclic) bond motifs is 2. The molecule has 0 atom stereocenters. The van der Waals surface area contributed by atoms with E-state index in [1.54, 1.807) is 41.3 Å². The number of rotatable bonds is 4. The number of amides is 2. The van der Waals surface area contributed by atoms with E-state index in [-0.39, 0.29) is 24.2 Å². The minimum Gasteiger partial charge on any atom is -0.320 e. The van der Waals surface area contributed by atoms with E-state index in [4.69, 9.17) is 11.6 Å². The standard InChI is InChI=1S/C18H18ClN3O2.ClH/c1-2-20-10-9-17(23)22-15-6-4-3-5-13(15)18(24)21-14-11-12(19)7-8-16(14)22;/h3-8,11,20H,2,9-10H2,1H3,(H,21,24);1H. The predicted molar refractivity (Wildman–Crippen MR) is 103 cm³/mol. The van der Waals surface area contributed by atoms with E-state index in [9.17, 15) is 9.59 Å². The van der Waals surface area contributed by atoms with E-state index in [1.807, 2.05) is 13.0 Å². The number of hydrogen-bond donors (Lipinski definition) is 2. The number of carbonyl (C=O) groups excluding carboxylic acids is 2. The van der Waals surface area contributed by atoms with Crippen molar-refractivity contribution in [3.8, 4) is 0 Å². The highest BCUT2D eigenvalue weighted by atomic mass is 35.5. The van der Waals surface area contributed by atoms with Crippen molar-refractivity contribution in [2.45, 2.75) is 13.3 Å². The third-order valence-electron chi connectivity index (χ3n) is 3.85. The lowest BCUT2D eigenvalue weighted by atomic mass is 10.1. The zero-order chi connectivity index (χ0) is 17.1. The van der Waals surface area contributed by atoms with Gasteiger partial charge in [0.25, 0.3) is 5.91 Å². The Balaban J connectivity index is 0.00000225.